The molecule has 0 unspecified atom stereocenters. The Kier molecular flexibility index (Phi) is 4.75. The number of halogens is 4. The van der Waals surface area contributed by atoms with Crippen molar-refractivity contribution in [2.75, 3.05) is 6.61 Å². The zero-order valence-electron chi connectivity index (χ0n) is 9.42. The molecule has 0 spiro atoms. The van der Waals surface area contributed by atoms with Gasteiger partial charge in [-0.2, -0.15) is 8.78 Å². The minimum atomic E-state index is -3.91. The molecule has 0 aromatic heterocycles. The topological polar surface area (TPSA) is 52.3 Å². The molecule has 0 heterocycles. The van der Waals surface area contributed by atoms with E-state index in [0.29, 0.717) is 0 Å². The van der Waals surface area contributed by atoms with Gasteiger partial charge in [-0.15, -0.1) is 0 Å². The van der Waals surface area contributed by atoms with Gasteiger partial charge >= 0.3 is 11.9 Å². The maximum absolute atomic E-state index is 13.6. The Morgan fingerprint density at radius 3 is 2.61 bits per heavy atom. The van der Waals surface area contributed by atoms with Gasteiger partial charge in [-0.05, 0) is 30.7 Å². The Labute approximate surface area is 110 Å². The van der Waals surface area contributed by atoms with E-state index >= 15 is 0 Å². The first-order chi connectivity index (χ1) is 8.28. The van der Waals surface area contributed by atoms with Crippen LogP contribution in [0.3, 0.4) is 0 Å². The Morgan fingerprint density at radius 2 is 2.11 bits per heavy atom. The van der Waals surface area contributed by atoms with Gasteiger partial charge in [0.1, 0.15) is 11.9 Å². The maximum atomic E-state index is 13.6. The van der Waals surface area contributed by atoms with Crippen LogP contribution in [0.15, 0.2) is 22.7 Å². The summed E-state index contributed by atoms with van der Waals surface area (Å²) in [6.07, 6.45) is 0. The highest BCUT2D eigenvalue weighted by atomic mass is 79.9. The molecule has 1 rings (SSSR count). The van der Waals surface area contributed by atoms with Crippen molar-refractivity contribution in [2.45, 2.75) is 18.9 Å². The summed E-state index contributed by atoms with van der Waals surface area (Å²) in [5, 5.41) is 0. The maximum Gasteiger partial charge on any atom is 0.379 e. The summed E-state index contributed by atoms with van der Waals surface area (Å²) in [5.74, 6) is -6.36. The van der Waals surface area contributed by atoms with Crippen molar-refractivity contribution < 1.29 is 22.7 Å². The minimum absolute atomic E-state index is 0.187. The van der Waals surface area contributed by atoms with E-state index in [1.165, 1.54) is 13.0 Å². The number of alkyl halides is 2. The molecular weight excluding hydrogens is 315 g/mol. The van der Waals surface area contributed by atoms with Crippen LogP contribution in [-0.2, 0) is 9.53 Å². The fraction of sp³-hybridized carbons (Fsp3) is 0.364. The van der Waals surface area contributed by atoms with Crippen LogP contribution in [0.2, 0.25) is 0 Å². The van der Waals surface area contributed by atoms with Crippen LogP contribution in [0, 0.1) is 5.82 Å². The zero-order valence-corrected chi connectivity index (χ0v) is 11.0. The zero-order chi connectivity index (χ0) is 13.9. The number of ether oxygens (including phenoxy) is 1. The predicted octanol–water partition coefficient (Wildman–Crippen LogP) is 2.79. The third-order valence-electron chi connectivity index (χ3n) is 2.18. The van der Waals surface area contributed by atoms with Gasteiger partial charge in [0.2, 0.25) is 0 Å². The Morgan fingerprint density at radius 1 is 1.50 bits per heavy atom. The second-order valence-electron chi connectivity index (χ2n) is 3.52. The van der Waals surface area contributed by atoms with Crippen molar-refractivity contribution in [3.05, 3.63) is 34.1 Å². The van der Waals surface area contributed by atoms with Crippen molar-refractivity contribution in [3.8, 4) is 0 Å². The second-order valence-corrected chi connectivity index (χ2v) is 4.44. The summed E-state index contributed by atoms with van der Waals surface area (Å²) in [6, 6.07) is 1.20. The number of esters is 1. The average Bonchev–Trinajstić information content (AvgIpc) is 2.26. The summed E-state index contributed by atoms with van der Waals surface area (Å²) < 4.78 is 44.8. The van der Waals surface area contributed by atoms with E-state index in [-0.39, 0.29) is 16.6 Å². The van der Waals surface area contributed by atoms with E-state index < -0.39 is 23.8 Å². The molecule has 100 valence electrons. The fourth-order valence-corrected chi connectivity index (χ4v) is 1.80. The summed E-state index contributed by atoms with van der Waals surface area (Å²) in [7, 11) is 0. The van der Waals surface area contributed by atoms with Crippen LogP contribution < -0.4 is 5.73 Å². The molecular formula is C11H11BrF3NO2. The van der Waals surface area contributed by atoms with Gasteiger partial charge in [-0.1, -0.05) is 15.9 Å². The van der Waals surface area contributed by atoms with E-state index in [1.807, 2.05) is 0 Å². The Balaban J connectivity index is 3.04. The minimum Gasteiger partial charge on any atom is -0.462 e. The predicted molar refractivity (Wildman–Crippen MR) is 62.6 cm³/mol. The first kappa shape index (κ1) is 15.0. The van der Waals surface area contributed by atoms with E-state index in [0.717, 1.165) is 12.1 Å². The third kappa shape index (κ3) is 3.23. The summed E-state index contributed by atoms with van der Waals surface area (Å²) in [6.45, 7) is 1.21. The molecule has 1 atom stereocenters. The van der Waals surface area contributed by atoms with E-state index in [2.05, 4.69) is 20.7 Å². The van der Waals surface area contributed by atoms with Gasteiger partial charge in [-0.3, -0.25) is 0 Å². The van der Waals surface area contributed by atoms with Crippen molar-refractivity contribution in [3.63, 3.8) is 0 Å². The first-order valence-corrected chi connectivity index (χ1v) is 5.85. The quantitative estimate of drug-likeness (QED) is 0.866. The van der Waals surface area contributed by atoms with Crippen molar-refractivity contribution in [1.29, 1.82) is 0 Å². The highest BCUT2D eigenvalue weighted by molar-refractivity contribution is 9.10. The Hall–Kier alpha value is -1.08. The molecule has 0 aliphatic carbocycles. The van der Waals surface area contributed by atoms with E-state index in [4.69, 9.17) is 5.73 Å². The number of hydrogen-bond donors (Lipinski definition) is 1. The monoisotopic (exact) mass is 325 g/mol. The van der Waals surface area contributed by atoms with Gasteiger partial charge in [0.05, 0.1) is 6.61 Å². The van der Waals surface area contributed by atoms with Gasteiger partial charge in [0, 0.05) is 4.47 Å². The summed E-state index contributed by atoms with van der Waals surface area (Å²) in [5.41, 5.74) is 5.11. The average molecular weight is 326 g/mol. The lowest BCUT2D eigenvalue weighted by Crippen LogP contribution is -2.41. The van der Waals surface area contributed by atoms with Gasteiger partial charge in [0.25, 0.3) is 0 Å². The lowest BCUT2D eigenvalue weighted by Gasteiger charge is -2.22. The molecule has 0 aliphatic heterocycles. The van der Waals surface area contributed by atoms with Crippen LogP contribution in [0.25, 0.3) is 0 Å². The fourth-order valence-electron chi connectivity index (χ4n) is 1.32. The Bertz CT molecular complexity index is 434. The number of carbonyl (C=O) groups excluding carboxylic acids is 1. The lowest BCUT2D eigenvalue weighted by molar-refractivity contribution is -0.174. The molecule has 2 N–H and O–H groups in total. The largest absolute Gasteiger partial charge is 0.462 e. The highest BCUT2D eigenvalue weighted by Gasteiger charge is 2.47. The smallest absolute Gasteiger partial charge is 0.379 e. The number of rotatable bonds is 4. The molecule has 0 saturated heterocycles. The van der Waals surface area contributed by atoms with Crippen molar-refractivity contribution in [2.24, 2.45) is 5.73 Å². The van der Waals surface area contributed by atoms with E-state index in [1.54, 1.807) is 0 Å². The molecule has 7 heteroatoms. The van der Waals surface area contributed by atoms with Gasteiger partial charge in [-0.25, -0.2) is 9.18 Å². The molecule has 0 aliphatic rings. The molecule has 1 aromatic rings. The standard InChI is InChI=1S/C11H11BrF3NO2/c1-2-18-10(17)11(14,15)9(16)6-3-7(12)5-8(13)4-6/h3-5,9H,2,16H2,1H3/t9-/m0/s1. The lowest BCUT2D eigenvalue weighted by atomic mass is 10.0. The van der Waals surface area contributed by atoms with Crippen molar-refractivity contribution >= 4 is 21.9 Å². The van der Waals surface area contributed by atoms with Crippen LogP contribution in [0.4, 0.5) is 13.2 Å². The van der Waals surface area contributed by atoms with Gasteiger partial charge in [0.15, 0.2) is 0 Å². The molecule has 0 amide bonds. The summed E-state index contributed by atoms with van der Waals surface area (Å²) >= 11 is 2.96. The summed E-state index contributed by atoms with van der Waals surface area (Å²) in [4.78, 5) is 11.1. The second kappa shape index (κ2) is 5.71. The van der Waals surface area contributed by atoms with Crippen molar-refractivity contribution in [1.82, 2.24) is 0 Å². The molecule has 0 radical (unpaired) electrons. The number of carbonyl (C=O) groups is 1. The van der Waals surface area contributed by atoms with E-state index in [9.17, 15) is 18.0 Å². The van der Waals surface area contributed by atoms with Gasteiger partial charge < -0.3 is 10.5 Å². The highest BCUT2D eigenvalue weighted by Crippen LogP contribution is 2.32. The molecule has 18 heavy (non-hydrogen) atoms. The van der Waals surface area contributed by atoms with Crippen LogP contribution >= 0.6 is 15.9 Å². The molecule has 0 bridgehead atoms. The first-order valence-electron chi connectivity index (χ1n) is 5.05. The number of nitrogens with two attached hydrogens (primary N) is 1. The molecule has 0 fully saturated rings. The molecule has 0 saturated carbocycles. The van der Waals surface area contributed by atoms with Crippen LogP contribution in [0.1, 0.15) is 18.5 Å². The number of hydrogen-bond acceptors (Lipinski definition) is 3. The number of benzene rings is 1. The van der Waals surface area contributed by atoms with Crippen LogP contribution in [0.5, 0.6) is 0 Å². The SMILES string of the molecule is CCOC(=O)C(F)(F)[C@@H](N)c1cc(F)cc(Br)c1. The molecule has 1 aromatic carbocycles. The third-order valence-corrected chi connectivity index (χ3v) is 2.64. The molecule has 3 nitrogen and oxygen atoms in total. The normalized spacial score (nSPS) is 13.2. The van der Waals surface area contributed by atoms with Crippen LogP contribution in [-0.4, -0.2) is 18.5 Å².